The number of H-pyrrole nitrogens is 1. The molecule has 0 radical (unpaired) electrons. The summed E-state index contributed by atoms with van der Waals surface area (Å²) in [7, 11) is 0. The number of amides is 1. The van der Waals surface area contributed by atoms with E-state index in [0.29, 0.717) is 17.3 Å². The molecule has 0 spiro atoms. The van der Waals surface area contributed by atoms with Crippen molar-refractivity contribution in [2.24, 2.45) is 0 Å². The summed E-state index contributed by atoms with van der Waals surface area (Å²) in [6, 6.07) is 15.1. The maximum Gasteiger partial charge on any atom is 0.272 e. The Morgan fingerprint density at radius 1 is 1.04 bits per heavy atom. The maximum absolute atomic E-state index is 12.6. The summed E-state index contributed by atoms with van der Waals surface area (Å²) < 4.78 is 0. The third-order valence-electron chi connectivity index (χ3n) is 4.71. The van der Waals surface area contributed by atoms with E-state index in [4.69, 9.17) is 11.6 Å². The molecule has 1 fully saturated rings. The monoisotopic (exact) mass is 381 g/mol. The molecule has 27 heavy (non-hydrogen) atoms. The van der Waals surface area contributed by atoms with Crippen molar-refractivity contribution in [3.05, 3.63) is 65.4 Å². The zero-order valence-electron chi connectivity index (χ0n) is 14.8. The number of carbonyl (C=O) groups excluding carboxylic acids is 1. The Hall–Kier alpha value is -2.86. The molecule has 1 aliphatic rings. The number of carbonyl (C=O) groups is 1. The molecule has 138 valence electrons. The summed E-state index contributed by atoms with van der Waals surface area (Å²) in [5, 5.41) is 8.27. The van der Waals surface area contributed by atoms with Crippen LogP contribution >= 0.6 is 11.6 Å². The average molecular weight is 382 g/mol. The molecule has 1 aliphatic heterocycles. The molecule has 3 heterocycles. The third kappa shape index (κ3) is 3.95. The Kier molecular flexibility index (Phi) is 5.07. The van der Waals surface area contributed by atoms with Gasteiger partial charge in [0.25, 0.3) is 5.91 Å². The van der Waals surface area contributed by atoms with Gasteiger partial charge in [-0.15, -0.1) is 0 Å². The lowest BCUT2D eigenvalue weighted by molar-refractivity contribution is 0.0761. The second kappa shape index (κ2) is 7.80. The predicted molar refractivity (Wildman–Crippen MR) is 106 cm³/mol. The van der Waals surface area contributed by atoms with Crippen LogP contribution < -0.4 is 4.90 Å². The lowest BCUT2D eigenvalue weighted by atomic mass is 10.1. The minimum Gasteiger partial charge on any atom is -0.353 e. The van der Waals surface area contributed by atoms with E-state index in [9.17, 15) is 4.79 Å². The number of aromatic amines is 1. The van der Waals surface area contributed by atoms with Crippen LogP contribution in [0.5, 0.6) is 0 Å². The van der Waals surface area contributed by atoms with Crippen LogP contribution in [0.25, 0.3) is 11.3 Å². The fraction of sp³-hybridized carbons (Fsp3) is 0.250. The molecule has 0 unspecified atom stereocenters. The minimum atomic E-state index is -0.0127. The second-order valence-corrected chi connectivity index (χ2v) is 6.93. The molecule has 3 aromatic rings. The lowest BCUT2D eigenvalue weighted by Gasteiger charge is -2.21. The highest BCUT2D eigenvalue weighted by Crippen LogP contribution is 2.24. The standard InChI is InChI=1S/C20H20ClN5O/c21-16-7-5-15(6-8-16)18-14-19(24-23-18)25-10-3-11-26(13-12-25)20(27)17-4-1-2-9-22-17/h1-2,4-9,14H,3,10-13H2,(H,23,24). The first-order valence-corrected chi connectivity index (χ1v) is 9.35. The van der Waals surface area contributed by atoms with E-state index in [-0.39, 0.29) is 5.91 Å². The fourth-order valence-corrected chi connectivity index (χ4v) is 3.38. The number of benzene rings is 1. The molecule has 1 N–H and O–H groups in total. The number of anilines is 1. The Labute approximate surface area is 162 Å². The number of rotatable bonds is 3. The summed E-state index contributed by atoms with van der Waals surface area (Å²) in [5.74, 6) is 0.883. The van der Waals surface area contributed by atoms with Crippen LogP contribution in [0.15, 0.2) is 54.7 Å². The van der Waals surface area contributed by atoms with E-state index in [2.05, 4.69) is 20.1 Å². The van der Waals surface area contributed by atoms with Crippen LogP contribution in [0.4, 0.5) is 5.82 Å². The van der Waals surface area contributed by atoms with Crippen LogP contribution in [0.3, 0.4) is 0 Å². The zero-order valence-corrected chi connectivity index (χ0v) is 15.6. The number of halogens is 1. The van der Waals surface area contributed by atoms with Gasteiger partial charge in [0.05, 0.1) is 5.69 Å². The predicted octanol–water partition coefficient (Wildman–Crippen LogP) is 3.48. The highest BCUT2D eigenvalue weighted by molar-refractivity contribution is 6.30. The van der Waals surface area contributed by atoms with Crippen molar-refractivity contribution in [2.75, 3.05) is 31.1 Å². The number of pyridine rings is 1. The van der Waals surface area contributed by atoms with Gasteiger partial charge in [-0.3, -0.25) is 14.9 Å². The van der Waals surface area contributed by atoms with Gasteiger partial charge in [-0.1, -0.05) is 29.8 Å². The number of aromatic nitrogens is 3. The Morgan fingerprint density at radius 2 is 1.89 bits per heavy atom. The van der Waals surface area contributed by atoms with Gasteiger partial charge in [-0.2, -0.15) is 5.10 Å². The number of hydrogen-bond donors (Lipinski definition) is 1. The molecule has 0 atom stereocenters. The molecule has 6 nitrogen and oxygen atoms in total. The number of nitrogens with zero attached hydrogens (tertiary/aromatic N) is 4. The zero-order chi connectivity index (χ0) is 18.6. The number of hydrogen-bond acceptors (Lipinski definition) is 4. The van der Waals surface area contributed by atoms with E-state index in [1.54, 1.807) is 12.3 Å². The smallest absolute Gasteiger partial charge is 0.272 e. The van der Waals surface area contributed by atoms with Crippen molar-refractivity contribution < 1.29 is 4.79 Å². The van der Waals surface area contributed by atoms with Crippen LogP contribution in [0.1, 0.15) is 16.9 Å². The molecule has 0 aliphatic carbocycles. The van der Waals surface area contributed by atoms with Crippen LogP contribution in [0, 0.1) is 0 Å². The summed E-state index contributed by atoms with van der Waals surface area (Å²) in [5.41, 5.74) is 2.49. The Morgan fingerprint density at radius 3 is 2.67 bits per heavy atom. The van der Waals surface area contributed by atoms with Gasteiger partial charge >= 0.3 is 0 Å². The van der Waals surface area contributed by atoms with E-state index in [1.165, 1.54) is 0 Å². The van der Waals surface area contributed by atoms with E-state index < -0.39 is 0 Å². The molecule has 7 heteroatoms. The second-order valence-electron chi connectivity index (χ2n) is 6.49. The molecule has 0 bridgehead atoms. The van der Waals surface area contributed by atoms with E-state index in [0.717, 1.165) is 43.1 Å². The molecule has 1 saturated heterocycles. The van der Waals surface area contributed by atoms with Crippen LogP contribution in [-0.2, 0) is 0 Å². The maximum atomic E-state index is 12.6. The first-order valence-electron chi connectivity index (χ1n) is 8.97. The van der Waals surface area contributed by atoms with Crippen LogP contribution in [-0.4, -0.2) is 52.2 Å². The summed E-state index contributed by atoms with van der Waals surface area (Å²) in [6.45, 7) is 2.97. The molecule has 0 saturated carbocycles. The summed E-state index contributed by atoms with van der Waals surface area (Å²) >= 11 is 5.96. The first kappa shape index (κ1) is 17.5. The van der Waals surface area contributed by atoms with Gasteiger partial charge in [0.15, 0.2) is 5.82 Å². The molecule has 4 rings (SSSR count). The van der Waals surface area contributed by atoms with Crippen molar-refractivity contribution in [1.82, 2.24) is 20.1 Å². The Balaban J connectivity index is 1.44. The first-order chi connectivity index (χ1) is 13.2. The number of nitrogens with one attached hydrogen (secondary N) is 1. The molecule has 2 aromatic heterocycles. The van der Waals surface area contributed by atoms with Crippen molar-refractivity contribution in [2.45, 2.75) is 6.42 Å². The summed E-state index contributed by atoms with van der Waals surface area (Å²) in [6.07, 6.45) is 2.54. The van der Waals surface area contributed by atoms with Gasteiger partial charge < -0.3 is 9.80 Å². The van der Waals surface area contributed by atoms with E-state index >= 15 is 0 Å². The van der Waals surface area contributed by atoms with Gasteiger partial charge in [-0.25, -0.2) is 0 Å². The molecular formula is C20H20ClN5O. The van der Waals surface area contributed by atoms with Gasteiger partial charge in [0, 0.05) is 43.5 Å². The van der Waals surface area contributed by atoms with Gasteiger partial charge in [0.1, 0.15) is 5.69 Å². The van der Waals surface area contributed by atoms with Crippen molar-refractivity contribution in [3.8, 4) is 11.3 Å². The summed E-state index contributed by atoms with van der Waals surface area (Å²) in [4.78, 5) is 20.9. The van der Waals surface area contributed by atoms with E-state index in [1.807, 2.05) is 47.4 Å². The normalized spacial score (nSPS) is 14.9. The third-order valence-corrected chi connectivity index (χ3v) is 4.96. The largest absolute Gasteiger partial charge is 0.353 e. The highest BCUT2D eigenvalue weighted by Gasteiger charge is 2.22. The van der Waals surface area contributed by atoms with Crippen molar-refractivity contribution >= 4 is 23.3 Å². The average Bonchev–Trinajstić information content (AvgIpc) is 3.07. The molecule has 1 amide bonds. The van der Waals surface area contributed by atoms with Crippen molar-refractivity contribution in [3.63, 3.8) is 0 Å². The SMILES string of the molecule is O=C(c1ccccn1)N1CCCN(c2cc(-c3ccc(Cl)cc3)[nH]n2)CC1. The van der Waals surface area contributed by atoms with Gasteiger partial charge in [0.2, 0.25) is 0 Å². The highest BCUT2D eigenvalue weighted by atomic mass is 35.5. The fourth-order valence-electron chi connectivity index (χ4n) is 3.25. The molecule has 1 aromatic carbocycles. The minimum absolute atomic E-state index is 0.0127. The molecular weight excluding hydrogens is 362 g/mol. The quantitative estimate of drug-likeness (QED) is 0.754. The van der Waals surface area contributed by atoms with Crippen molar-refractivity contribution in [1.29, 1.82) is 0 Å². The van der Waals surface area contributed by atoms with Gasteiger partial charge in [-0.05, 0) is 36.2 Å². The Bertz CT molecular complexity index is 910. The topological polar surface area (TPSA) is 65.1 Å². The van der Waals surface area contributed by atoms with Crippen LogP contribution in [0.2, 0.25) is 5.02 Å². The lowest BCUT2D eigenvalue weighted by Crippen LogP contribution is -2.35.